The minimum atomic E-state index is -1.64. The number of aromatic nitrogens is 2. The molecule has 0 aliphatic heterocycles. The minimum Gasteiger partial charge on any atom is -0.480 e. The molecule has 1 heterocycles. The Kier molecular flexibility index (Phi) is 3.47. The van der Waals surface area contributed by atoms with Crippen LogP contribution in [0.3, 0.4) is 0 Å². The molecule has 2 atom stereocenters. The summed E-state index contributed by atoms with van der Waals surface area (Å²) in [6.45, 7) is 1.71. The summed E-state index contributed by atoms with van der Waals surface area (Å²) in [4.78, 5) is 15.3. The Hall–Kier alpha value is -1.69. The lowest BCUT2D eigenvalue weighted by molar-refractivity contribution is -0.136. The van der Waals surface area contributed by atoms with Crippen molar-refractivity contribution in [3.05, 3.63) is 24.3 Å². The Balaban J connectivity index is 2.51. The predicted octanol–water partition coefficient (Wildman–Crippen LogP) is 1.54. The van der Waals surface area contributed by atoms with Crippen molar-refractivity contribution in [2.45, 2.75) is 23.8 Å². The van der Waals surface area contributed by atoms with Crippen LogP contribution in [0.2, 0.25) is 0 Å². The Morgan fingerprint density at radius 3 is 2.72 bits per heavy atom. The van der Waals surface area contributed by atoms with Crippen molar-refractivity contribution in [1.82, 2.24) is 9.55 Å². The minimum absolute atomic E-state index is 0.311. The second kappa shape index (κ2) is 4.89. The number of carbonyl (C=O) groups is 1. The first-order valence-corrected chi connectivity index (χ1v) is 6.82. The molecule has 0 saturated heterocycles. The molecule has 0 saturated carbocycles. The molecule has 1 aromatic heterocycles. The van der Waals surface area contributed by atoms with Crippen molar-refractivity contribution in [2.75, 3.05) is 0 Å². The second-order valence-electron chi connectivity index (χ2n) is 3.97. The lowest BCUT2D eigenvalue weighted by Crippen LogP contribution is -2.26. The van der Waals surface area contributed by atoms with Gasteiger partial charge >= 0.3 is 5.97 Å². The summed E-state index contributed by atoms with van der Waals surface area (Å²) < 4.78 is 13.9. The maximum Gasteiger partial charge on any atom is 0.319 e. The fourth-order valence-electron chi connectivity index (χ4n) is 1.85. The molecule has 1 unspecified atom stereocenters. The molecule has 1 N–H and O–H groups in total. The van der Waals surface area contributed by atoms with Crippen LogP contribution in [-0.4, -0.2) is 30.1 Å². The molecule has 0 fully saturated rings. The van der Waals surface area contributed by atoms with E-state index in [-0.39, 0.29) is 0 Å². The van der Waals surface area contributed by atoms with Crippen molar-refractivity contribution >= 4 is 27.8 Å². The summed E-state index contributed by atoms with van der Waals surface area (Å²) in [5.41, 5.74) is 1.57. The van der Waals surface area contributed by atoms with E-state index >= 15 is 0 Å². The van der Waals surface area contributed by atoms with E-state index in [1.54, 1.807) is 18.5 Å². The van der Waals surface area contributed by atoms with Gasteiger partial charge in [0.05, 0.1) is 11.0 Å². The van der Waals surface area contributed by atoms with Crippen LogP contribution in [0, 0.1) is 0 Å². The van der Waals surface area contributed by atoms with Crippen molar-refractivity contribution in [3.63, 3.8) is 0 Å². The van der Waals surface area contributed by atoms with E-state index in [0.717, 1.165) is 11.0 Å². The van der Waals surface area contributed by atoms with Gasteiger partial charge in [0, 0.05) is 7.05 Å². The van der Waals surface area contributed by atoms with Gasteiger partial charge in [-0.3, -0.25) is 9.00 Å². The van der Waals surface area contributed by atoms with Gasteiger partial charge in [0.2, 0.25) is 5.16 Å². The molecule has 0 aliphatic carbocycles. The summed E-state index contributed by atoms with van der Waals surface area (Å²) in [7, 11) is 0.104. The molecule has 0 bridgehead atoms. The molecule has 0 amide bonds. The number of rotatable bonds is 4. The highest BCUT2D eigenvalue weighted by Crippen LogP contribution is 2.19. The number of aliphatic carboxylic acids is 1. The highest BCUT2D eigenvalue weighted by atomic mass is 32.2. The number of aryl methyl sites for hydroxylation is 1. The second-order valence-corrected chi connectivity index (χ2v) is 5.50. The van der Waals surface area contributed by atoms with Crippen molar-refractivity contribution < 1.29 is 14.1 Å². The van der Waals surface area contributed by atoms with Gasteiger partial charge in [-0.1, -0.05) is 19.1 Å². The molecule has 6 heteroatoms. The number of hydrogen-bond acceptors (Lipinski definition) is 3. The number of imidazole rings is 1. The van der Waals surface area contributed by atoms with Crippen LogP contribution in [0.25, 0.3) is 11.0 Å². The molecule has 0 radical (unpaired) electrons. The zero-order valence-corrected chi connectivity index (χ0v) is 11.0. The number of para-hydroxylation sites is 2. The smallest absolute Gasteiger partial charge is 0.319 e. The van der Waals surface area contributed by atoms with E-state index in [9.17, 15) is 9.00 Å². The number of nitrogens with zero attached hydrogens (tertiary/aromatic N) is 2. The van der Waals surface area contributed by atoms with E-state index < -0.39 is 22.0 Å². The standard InChI is InChI=1S/C12H14N2O3S/c1-3-10(11(15)16)18(17)12-13-8-6-4-5-7-9(8)14(12)2/h4-7,10H,3H2,1-2H3,(H,15,16)/t10-,18?/m0/s1. The van der Waals surface area contributed by atoms with Gasteiger partial charge in [-0.15, -0.1) is 0 Å². The third-order valence-corrected chi connectivity index (χ3v) is 4.61. The molecule has 0 aliphatic rings. The third-order valence-electron chi connectivity index (χ3n) is 2.83. The van der Waals surface area contributed by atoms with E-state index in [1.807, 2.05) is 24.3 Å². The zero-order chi connectivity index (χ0) is 13.3. The summed E-state index contributed by atoms with van der Waals surface area (Å²) in [5, 5.41) is 8.44. The van der Waals surface area contributed by atoms with Gasteiger partial charge in [0.15, 0.2) is 0 Å². The summed E-state index contributed by atoms with van der Waals surface area (Å²) in [6.07, 6.45) is 0.311. The monoisotopic (exact) mass is 266 g/mol. The normalized spacial score (nSPS) is 14.6. The van der Waals surface area contributed by atoms with E-state index in [4.69, 9.17) is 5.11 Å². The molecule has 2 aromatic rings. The first-order valence-electron chi connectivity index (χ1n) is 5.61. The molecule has 0 spiro atoms. The summed E-state index contributed by atoms with van der Waals surface area (Å²) in [5.74, 6) is -1.05. The largest absolute Gasteiger partial charge is 0.480 e. The van der Waals surface area contributed by atoms with Crippen LogP contribution < -0.4 is 0 Å². The van der Waals surface area contributed by atoms with Crippen LogP contribution in [0.5, 0.6) is 0 Å². The molecule has 96 valence electrons. The van der Waals surface area contributed by atoms with E-state index in [0.29, 0.717) is 11.6 Å². The van der Waals surface area contributed by atoms with Crippen LogP contribution in [-0.2, 0) is 22.6 Å². The fourth-order valence-corrected chi connectivity index (χ4v) is 3.15. The molecule has 2 rings (SSSR count). The summed E-state index contributed by atoms with van der Waals surface area (Å²) in [6, 6.07) is 7.39. The molecular weight excluding hydrogens is 252 g/mol. The Morgan fingerprint density at radius 1 is 1.50 bits per heavy atom. The number of hydrogen-bond donors (Lipinski definition) is 1. The average molecular weight is 266 g/mol. The van der Waals surface area contributed by atoms with Gasteiger partial charge in [-0.25, -0.2) is 4.98 Å². The van der Waals surface area contributed by atoms with Gasteiger partial charge in [-0.2, -0.15) is 0 Å². The SMILES string of the molecule is CC[C@@H](C(=O)O)S(=O)c1nc2ccccc2n1C. The number of benzene rings is 1. The Morgan fingerprint density at radius 2 is 2.17 bits per heavy atom. The van der Waals surface area contributed by atoms with Crippen molar-refractivity contribution in [3.8, 4) is 0 Å². The number of carboxylic acids is 1. The van der Waals surface area contributed by atoms with E-state index in [1.165, 1.54) is 0 Å². The molecule has 1 aromatic carbocycles. The highest BCUT2D eigenvalue weighted by Gasteiger charge is 2.27. The Bertz CT molecular complexity index is 621. The summed E-state index contributed by atoms with van der Waals surface area (Å²) >= 11 is 0. The fraction of sp³-hybridized carbons (Fsp3) is 0.333. The van der Waals surface area contributed by atoms with Crippen LogP contribution in [0.15, 0.2) is 29.4 Å². The highest BCUT2D eigenvalue weighted by molar-refractivity contribution is 7.86. The van der Waals surface area contributed by atoms with Gasteiger partial charge in [0.25, 0.3) is 0 Å². The van der Waals surface area contributed by atoms with Crippen LogP contribution in [0.1, 0.15) is 13.3 Å². The lowest BCUT2D eigenvalue weighted by atomic mass is 10.3. The first-order chi connectivity index (χ1) is 8.56. The molecule has 18 heavy (non-hydrogen) atoms. The van der Waals surface area contributed by atoms with Gasteiger partial charge in [0.1, 0.15) is 16.0 Å². The van der Waals surface area contributed by atoms with Crippen LogP contribution >= 0.6 is 0 Å². The number of fused-ring (bicyclic) bond motifs is 1. The predicted molar refractivity (Wildman–Crippen MR) is 68.8 cm³/mol. The van der Waals surface area contributed by atoms with Crippen molar-refractivity contribution in [1.29, 1.82) is 0 Å². The molecule has 5 nitrogen and oxygen atoms in total. The number of carboxylic acid groups (broad SMARTS) is 1. The van der Waals surface area contributed by atoms with E-state index in [2.05, 4.69) is 4.98 Å². The van der Waals surface area contributed by atoms with Crippen molar-refractivity contribution in [2.24, 2.45) is 7.05 Å². The third kappa shape index (κ3) is 2.03. The average Bonchev–Trinajstić information content (AvgIpc) is 2.68. The quantitative estimate of drug-likeness (QED) is 0.911. The molecular formula is C12H14N2O3S. The van der Waals surface area contributed by atoms with Gasteiger partial charge in [-0.05, 0) is 18.6 Å². The first kappa shape index (κ1) is 12.8. The topological polar surface area (TPSA) is 72.2 Å². The Labute approximate surface area is 107 Å². The maximum absolute atomic E-state index is 12.3. The lowest BCUT2D eigenvalue weighted by Gasteiger charge is -2.09. The van der Waals surface area contributed by atoms with Gasteiger partial charge < -0.3 is 9.67 Å². The maximum atomic E-state index is 12.3. The van der Waals surface area contributed by atoms with Crippen LogP contribution in [0.4, 0.5) is 0 Å². The zero-order valence-electron chi connectivity index (χ0n) is 10.2.